The van der Waals surface area contributed by atoms with E-state index in [0.717, 1.165) is 13.0 Å². The zero-order valence-corrected chi connectivity index (χ0v) is 14.5. The molecule has 1 heterocycles. The van der Waals surface area contributed by atoms with E-state index in [2.05, 4.69) is 5.32 Å². The molecule has 0 radical (unpaired) electrons. The van der Waals surface area contributed by atoms with Crippen LogP contribution in [0.25, 0.3) is 0 Å². The number of aliphatic hydroxyl groups is 1. The second kappa shape index (κ2) is 6.95. The van der Waals surface area contributed by atoms with E-state index in [9.17, 15) is 14.7 Å². The maximum atomic E-state index is 12.4. The largest absolute Gasteiger partial charge is 0.444 e. The van der Waals surface area contributed by atoms with E-state index in [0.29, 0.717) is 25.8 Å². The van der Waals surface area contributed by atoms with Crippen LogP contribution in [0.1, 0.15) is 46.5 Å². The zero-order chi connectivity index (χ0) is 17.2. The van der Waals surface area contributed by atoms with Crippen molar-refractivity contribution in [2.75, 3.05) is 20.1 Å². The molecule has 2 aliphatic rings. The number of urea groups is 1. The van der Waals surface area contributed by atoms with Gasteiger partial charge in [0.2, 0.25) is 0 Å². The Kier molecular flexibility index (Phi) is 5.39. The maximum absolute atomic E-state index is 12.4. The van der Waals surface area contributed by atoms with Crippen molar-refractivity contribution in [3.8, 4) is 0 Å². The maximum Gasteiger partial charge on any atom is 0.407 e. The summed E-state index contributed by atoms with van der Waals surface area (Å²) >= 11 is 0. The second-order valence-electron chi connectivity index (χ2n) is 7.54. The highest BCUT2D eigenvalue weighted by atomic mass is 16.6. The summed E-state index contributed by atoms with van der Waals surface area (Å²) in [6, 6.07) is -0.420. The third kappa shape index (κ3) is 4.73. The van der Waals surface area contributed by atoms with E-state index >= 15 is 0 Å². The lowest BCUT2D eigenvalue weighted by atomic mass is 9.87. The fourth-order valence-electron chi connectivity index (χ4n) is 3.29. The topological polar surface area (TPSA) is 82.1 Å². The summed E-state index contributed by atoms with van der Waals surface area (Å²) in [4.78, 5) is 28.0. The van der Waals surface area contributed by atoms with Crippen LogP contribution in [0.5, 0.6) is 0 Å². The van der Waals surface area contributed by atoms with Gasteiger partial charge in [0.1, 0.15) is 5.60 Å². The van der Waals surface area contributed by atoms with Gasteiger partial charge in [-0.1, -0.05) is 0 Å². The van der Waals surface area contributed by atoms with Gasteiger partial charge in [0.15, 0.2) is 0 Å². The van der Waals surface area contributed by atoms with Crippen molar-refractivity contribution in [3.05, 3.63) is 0 Å². The molecule has 1 aliphatic carbocycles. The Morgan fingerprint density at radius 3 is 2.65 bits per heavy atom. The summed E-state index contributed by atoms with van der Waals surface area (Å²) in [7, 11) is 1.78. The molecule has 2 N–H and O–H groups in total. The number of carbonyl (C=O) groups is 2. The molecule has 0 bridgehead atoms. The molecule has 0 aromatic carbocycles. The minimum Gasteiger partial charge on any atom is -0.444 e. The molecule has 0 aromatic heterocycles. The summed E-state index contributed by atoms with van der Waals surface area (Å²) in [5.74, 6) is 0. The van der Waals surface area contributed by atoms with Crippen LogP contribution < -0.4 is 5.32 Å². The number of nitrogens with zero attached hydrogens (tertiary/aromatic N) is 2. The minimum absolute atomic E-state index is 0.0358. The first-order chi connectivity index (χ1) is 10.7. The van der Waals surface area contributed by atoms with Crippen molar-refractivity contribution < 1.29 is 19.4 Å². The van der Waals surface area contributed by atoms with Gasteiger partial charge in [-0.3, -0.25) is 0 Å². The first-order valence-electron chi connectivity index (χ1n) is 8.36. The van der Waals surface area contributed by atoms with Gasteiger partial charge in [-0.2, -0.15) is 0 Å². The number of alkyl carbamates (subject to hydrolysis) is 1. The lowest BCUT2D eigenvalue weighted by Crippen LogP contribution is -2.61. The van der Waals surface area contributed by atoms with Gasteiger partial charge in [-0.05, 0) is 46.5 Å². The van der Waals surface area contributed by atoms with Gasteiger partial charge in [0.05, 0.1) is 18.2 Å². The molecule has 23 heavy (non-hydrogen) atoms. The SMILES string of the molecule is CN1CCCN(C2CC(O)CCC2NC(=O)OC(C)(C)C)C1=O. The molecule has 3 amide bonds. The third-order valence-corrected chi connectivity index (χ3v) is 4.36. The van der Waals surface area contributed by atoms with Gasteiger partial charge in [0, 0.05) is 20.1 Å². The van der Waals surface area contributed by atoms with Crippen LogP contribution in [0.15, 0.2) is 0 Å². The van der Waals surface area contributed by atoms with Crippen molar-refractivity contribution in [1.82, 2.24) is 15.1 Å². The van der Waals surface area contributed by atoms with Crippen molar-refractivity contribution >= 4 is 12.1 Å². The molecule has 1 saturated heterocycles. The van der Waals surface area contributed by atoms with Crippen LogP contribution in [0.4, 0.5) is 9.59 Å². The number of carbonyl (C=O) groups excluding carboxylic acids is 2. The van der Waals surface area contributed by atoms with Crippen LogP contribution >= 0.6 is 0 Å². The summed E-state index contributed by atoms with van der Waals surface area (Å²) in [6.45, 7) is 6.86. The van der Waals surface area contributed by atoms with E-state index in [-0.39, 0.29) is 18.1 Å². The smallest absolute Gasteiger partial charge is 0.407 e. The summed E-state index contributed by atoms with van der Waals surface area (Å²) in [5, 5.41) is 12.9. The Morgan fingerprint density at radius 1 is 1.30 bits per heavy atom. The van der Waals surface area contributed by atoms with Crippen molar-refractivity contribution in [2.24, 2.45) is 0 Å². The number of rotatable bonds is 2. The van der Waals surface area contributed by atoms with Crippen LogP contribution in [0.2, 0.25) is 0 Å². The quantitative estimate of drug-likeness (QED) is 0.806. The van der Waals surface area contributed by atoms with Crippen molar-refractivity contribution in [1.29, 1.82) is 0 Å². The third-order valence-electron chi connectivity index (χ3n) is 4.36. The van der Waals surface area contributed by atoms with Gasteiger partial charge in [-0.25, -0.2) is 9.59 Å². The molecule has 2 rings (SSSR count). The Morgan fingerprint density at radius 2 is 2.00 bits per heavy atom. The molecule has 0 aromatic rings. The van der Waals surface area contributed by atoms with Gasteiger partial charge < -0.3 is 25.0 Å². The number of hydrogen-bond donors (Lipinski definition) is 2. The number of aliphatic hydroxyl groups excluding tert-OH is 1. The molecule has 7 heteroatoms. The monoisotopic (exact) mass is 327 g/mol. The Hall–Kier alpha value is -1.50. The molecule has 7 nitrogen and oxygen atoms in total. The lowest BCUT2D eigenvalue weighted by molar-refractivity contribution is 0.0227. The first-order valence-corrected chi connectivity index (χ1v) is 8.36. The predicted octanol–water partition coefficient (Wildman–Crippen LogP) is 1.55. The lowest BCUT2D eigenvalue weighted by Gasteiger charge is -2.45. The molecule has 2 fully saturated rings. The molecular weight excluding hydrogens is 298 g/mol. The van der Waals surface area contributed by atoms with Gasteiger partial charge in [-0.15, -0.1) is 0 Å². The van der Waals surface area contributed by atoms with Crippen LogP contribution in [-0.4, -0.2) is 71.0 Å². The molecule has 0 spiro atoms. The Balaban J connectivity index is 2.07. The predicted molar refractivity (Wildman–Crippen MR) is 86.2 cm³/mol. The highest BCUT2D eigenvalue weighted by Gasteiger charge is 2.39. The van der Waals surface area contributed by atoms with E-state index < -0.39 is 17.8 Å². The highest BCUT2D eigenvalue weighted by molar-refractivity contribution is 5.75. The molecule has 132 valence electrons. The molecule has 1 aliphatic heterocycles. The number of ether oxygens (including phenoxy) is 1. The molecule has 3 atom stereocenters. The second-order valence-corrected chi connectivity index (χ2v) is 7.54. The minimum atomic E-state index is -0.561. The molecular formula is C16H29N3O4. The van der Waals surface area contributed by atoms with Crippen LogP contribution in [0, 0.1) is 0 Å². The zero-order valence-electron chi connectivity index (χ0n) is 14.5. The fraction of sp³-hybridized carbons (Fsp3) is 0.875. The normalized spacial score (nSPS) is 29.4. The van der Waals surface area contributed by atoms with E-state index in [1.54, 1.807) is 16.8 Å². The number of hydrogen-bond acceptors (Lipinski definition) is 4. The Bertz CT molecular complexity index is 449. The molecule has 3 unspecified atom stereocenters. The number of nitrogens with one attached hydrogen (secondary N) is 1. The summed E-state index contributed by atoms with van der Waals surface area (Å²) in [5.41, 5.74) is -0.561. The summed E-state index contributed by atoms with van der Waals surface area (Å²) < 4.78 is 5.32. The molecule has 1 saturated carbocycles. The average Bonchev–Trinajstić information content (AvgIpc) is 2.42. The Labute approximate surface area is 138 Å². The van der Waals surface area contributed by atoms with Crippen LogP contribution in [0.3, 0.4) is 0 Å². The standard InChI is InChI=1S/C16H29N3O4/c1-16(2,3)23-14(21)17-12-7-6-11(20)10-13(12)19-9-5-8-18(4)15(19)22/h11-13,20H,5-10H2,1-4H3,(H,17,21). The van der Waals surface area contributed by atoms with Crippen molar-refractivity contribution in [3.63, 3.8) is 0 Å². The highest BCUT2D eigenvalue weighted by Crippen LogP contribution is 2.26. The first kappa shape index (κ1) is 17.8. The van der Waals surface area contributed by atoms with E-state index in [1.165, 1.54) is 0 Å². The van der Waals surface area contributed by atoms with Crippen molar-refractivity contribution in [2.45, 2.75) is 70.2 Å². The van der Waals surface area contributed by atoms with Gasteiger partial charge >= 0.3 is 12.1 Å². The number of amides is 3. The van der Waals surface area contributed by atoms with E-state index in [4.69, 9.17) is 4.74 Å². The summed E-state index contributed by atoms with van der Waals surface area (Å²) in [6.07, 6.45) is 1.74. The average molecular weight is 327 g/mol. The van der Waals surface area contributed by atoms with Gasteiger partial charge in [0.25, 0.3) is 0 Å². The fourth-order valence-corrected chi connectivity index (χ4v) is 3.29. The van der Waals surface area contributed by atoms with E-state index in [1.807, 2.05) is 20.8 Å². The van der Waals surface area contributed by atoms with Crippen LogP contribution in [-0.2, 0) is 4.74 Å².